The van der Waals surface area contributed by atoms with Gasteiger partial charge in [0.05, 0.1) is 5.56 Å². The maximum absolute atomic E-state index is 12.9. The average molecular weight is 322 g/mol. The van der Waals surface area contributed by atoms with E-state index in [1.54, 1.807) is 30.3 Å². The van der Waals surface area contributed by atoms with Gasteiger partial charge in [0.2, 0.25) is 0 Å². The lowest BCUT2D eigenvalue weighted by atomic mass is 9.99. The number of nitrogens with two attached hydrogens (primary N) is 1. The zero-order valence-corrected chi connectivity index (χ0v) is 11.8. The molecule has 0 amide bonds. The summed E-state index contributed by atoms with van der Waals surface area (Å²) in [6.07, 6.45) is -4.41. The molecule has 0 aromatic heterocycles. The molecule has 1 nitrogen and oxygen atoms in total. The fourth-order valence-electron chi connectivity index (χ4n) is 1.87. The monoisotopic (exact) mass is 321 g/mol. The molecule has 2 rings (SSSR count). The number of halogens is 5. The van der Waals surface area contributed by atoms with E-state index >= 15 is 0 Å². The first-order valence-corrected chi connectivity index (χ1v) is 5.96. The standard InChI is InChI=1S/C14H11ClF3N.ClH/c15-12-3-1-2-9(6-12)10-4-5-11(8-19)13(7-10)14(16,17)18;/h1-7H,8,19H2;1H. The van der Waals surface area contributed by atoms with Crippen LogP contribution in [0.2, 0.25) is 5.02 Å². The van der Waals surface area contributed by atoms with Crippen LogP contribution in [0.15, 0.2) is 42.5 Å². The molecule has 0 spiro atoms. The summed E-state index contributed by atoms with van der Waals surface area (Å²) >= 11 is 5.84. The molecule has 0 saturated carbocycles. The summed E-state index contributed by atoms with van der Waals surface area (Å²) < 4.78 is 38.8. The number of alkyl halides is 3. The average Bonchev–Trinajstić information content (AvgIpc) is 2.37. The van der Waals surface area contributed by atoms with Crippen molar-refractivity contribution in [3.63, 3.8) is 0 Å². The predicted molar refractivity (Wildman–Crippen MR) is 77.0 cm³/mol. The predicted octanol–water partition coefficient (Wildman–Crippen LogP) is 4.91. The maximum Gasteiger partial charge on any atom is 0.416 e. The second-order valence-corrected chi connectivity index (χ2v) is 4.52. The fraction of sp³-hybridized carbons (Fsp3) is 0.143. The van der Waals surface area contributed by atoms with Crippen LogP contribution in [-0.4, -0.2) is 0 Å². The zero-order chi connectivity index (χ0) is 14.0. The van der Waals surface area contributed by atoms with Crippen molar-refractivity contribution in [1.82, 2.24) is 0 Å². The van der Waals surface area contributed by atoms with Crippen LogP contribution in [-0.2, 0) is 12.7 Å². The van der Waals surface area contributed by atoms with Gasteiger partial charge in [-0.3, -0.25) is 0 Å². The third-order valence-electron chi connectivity index (χ3n) is 2.79. The molecule has 0 aliphatic carbocycles. The van der Waals surface area contributed by atoms with Gasteiger partial charge in [0.1, 0.15) is 0 Å². The van der Waals surface area contributed by atoms with Crippen LogP contribution in [0, 0.1) is 0 Å². The van der Waals surface area contributed by atoms with Gasteiger partial charge >= 0.3 is 6.18 Å². The van der Waals surface area contributed by atoms with Crippen molar-refractivity contribution in [2.24, 2.45) is 5.73 Å². The van der Waals surface area contributed by atoms with Crippen LogP contribution in [0.1, 0.15) is 11.1 Å². The lowest BCUT2D eigenvalue weighted by molar-refractivity contribution is -0.138. The van der Waals surface area contributed by atoms with E-state index in [0.29, 0.717) is 16.1 Å². The molecule has 2 aromatic rings. The highest BCUT2D eigenvalue weighted by Crippen LogP contribution is 2.35. The molecule has 20 heavy (non-hydrogen) atoms. The van der Waals surface area contributed by atoms with Gasteiger partial charge < -0.3 is 5.73 Å². The second kappa shape index (κ2) is 6.48. The SMILES string of the molecule is Cl.NCc1ccc(-c2cccc(Cl)c2)cc1C(F)(F)F. The van der Waals surface area contributed by atoms with Crippen LogP contribution in [0.25, 0.3) is 11.1 Å². The van der Waals surface area contributed by atoms with Crippen molar-refractivity contribution < 1.29 is 13.2 Å². The van der Waals surface area contributed by atoms with E-state index in [2.05, 4.69) is 0 Å². The van der Waals surface area contributed by atoms with Gasteiger partial charge in [0.25, 0.3) is 0 Å². The highest BCUT2D eigenvalue weighted by Gasteiger charge is 2.33. The van der Waals surface area contributed by atoms with Gasteiger partial charge in [0, 0.05) is 11.6 Å². The van der Waals surface area contributed by atoms with Gasteiger partial charge in [-0.25, -0.2) is 0 Å². The quantitative estimate of drug-likeness (QED) is 0.835. The lowest BCUT2D eigenvalue weighted by Crippen LogP contribution is -2.12. The molecule has 2 N–H and O–H groups in total. The molecule has 108 valence electrons. The third kappa shape index (κ3) is 3.66. The molecular formula is C14H12Cl2F3N. The van der Waals surface area contributed by atoms with E-state index in [-0.39, 0.29) is 24.5 Å². The lowest BCUT2D eigenvalue weighted by Gasteiger charge is -2.13. The number of hydrogen-bond donors (Lipinski definition) is 1. The van der Waals surface area contributed by atoms with E-state index in [1.807, 2.05) is 0 Å². The summed E-state index contributed by atoms with van der Waals surface area (Å²) in [6, 6.07) is 10.8. The summed E-state index contributed by atoms with van der Waals surface area (Å²) in [5.74, 6) is 0. The van der Waals surface area contributed by atoms with Crippen molar-refractivity contribution in [1.29, 1.82) is 0 Å². The van der Waals surface area contributed by atoms with E-state index < -0.39 is 11.7 Å². The Labute approximate surface area is 126 Å². The number of hydrogen-bond acceptors (Lipinski definition) is 1. The van der Waals surface area contributed by atoms with Crippen molar-refractivity contribution in [2.75, 3.05) is 0 Å². The largest absolute Gasteiger partial charge is 0.416 e. The zero-order valence-electron chi connectivity index (χ0n) is 10.2. The molecule has 0 radical (unpaired) electrons. The Morgan fingerprint density at radius 1 is 1.00 bits per heavy atom. The Morgan fingerprint density at radius 3 is 2.20 bits per heavy atom. The minimum absolute atomic E-state index is 0. The minimum atomic E-state index is -4.41. The van der Waals surface area contributed by atoms with E-state index in [0.717, 1.165) is 6.07 Å². The van der Waals surface area contributed by atoms with Crippen LogP contribution in [0.3, 0.4) is 0 Å². The Morgan fingerprint density at radius 2 is 1.65 bits per heavy atom. The summed E-state index contributed by atoms with van der Waals surface area (Å²) in [7, 11) is 0. The topological polar surface area (TPSA) is 26.0 Å². The Bertz CT molecular complexity index is 597. The van der Waals surface area contributed by atoms with Gasteiger partial charge in [-0.05, 0) is 34.9 Å². The first-order valence-electron chi connectivity index (χ1n) is 5.58. The van der Waals surface area contributed by atoms with Crippen LogP contribution >= 0.6 is 24.0 Å². The van der Waals surface area contributed by atoms with E-state index in [4.69, 9.17) is 17.3 Å². The molecular weight excluding hydrogens is 310 g/mol. The van der Waals surface area contributed by atoms with Crippen molar-refractivity contribution >= 4 is 24.0 Å². The van der Waals surface area contributed by atoms with Gasteiger partial charge in [0.15, 0.2) is 0 Å². The molecule has 0 aliphatic rings. The summed E-state index contributed by atoms with van der Waals surface area (Å²) in [5, 5.41) is 0.481. The second-order valence-electron chi connectivity index (χ2n) is 4.08. The normalized spacial score (nSPS) is 11.1. The molecule has 0 saturated heterocycles. The molecule has 0 bridgehead atoms. The van der Waals surface area contributed by atoms with Crippen LogP contribution in [0.4, 0.5) is 13.2 Å². The molecule has 6 heteroatoms. The Kier molecular flexibility index (Phi) is 5.45. The number of benzene rings is 2. The highest BCUT2D eigenvalue weighted by molar-refractivity contribution is 6.30. The molecule has 0 fully saturated rings. The smallest absolute Gasteiger partial charge is 0.326 e. The van der Waals surface area contributed by atoms with E-state index in [9.17, 15) is 13.2 Å². The van der Waals surface area contributed by atoms with Gasteiger partial charge in [-0.15, -0.1) is 12.4 Å². The fourth-order valence-corrected chi connectivity index (χ4v) is 2.06. The molecule has 2 aromatic carbocycles. The van der Waals surface area contributed by atoms with Crippen molar-refractivity contribution in [3.8, 4) is 11.1 Å². The molecule has 0 heterocycles. The summed E-state index contributed by atoms with van der Waals surface area (Å²) in [5.41, 5.74) is 5.82. The van der Waals surface area contributed by atoms with Crippen molar-refractivity contribution in [2.45, 2.75) is 12.7 Å². The maximum atomic E-state index is 12.9. The van der Waals surface area contributed by atoms with Crippen LogP contribution < -0.4 is 5.73 Å². The van der Waals surface area contributed by atoms with Crippen LogP contribution in [0.5, 0.6) is 0 Å². The van der Waals surface area contributed by atoms with Gasteiger partial charge in [-0.2, -0.15) is 13.2 Å². The van der Waals surface area contributed by atoms with E-state index in [1.165, 1.54) is 6.07 Å². The molecule has 0 unspecified atom stereocenters. The van der Waals surface area contributed by atoms with Gasteiger partial charge in [-0.1, -0.05) is 35.9 Å². The summed E-state index contributed by atoms with van der Waals surface area (Å²) in [4.78, 5) is 0. The Balaban J connectivity index is 0.00000200. The molecule has 0 aliphatic heterocycles. The highest BCUT2D eigenvalue weighted by atomic mass is 35.5. The first kappa shape index (κ1) is 16.8. The molecule has 0 atom stereocenters. The number of rotatable bonds is 2. The Hall–Kier alpha value is -1.23. The first-order chi connectivity index (χ1) is 8.91. The summed E-state index contributed by atoms with van der Waals surface area (Å²) in [6.45, 7) is -0.148. The minimum Gasteiger partial charge on any atom is -0.326 e. The third-order valence-corrected chi connectivity index (χ3v) is 3.03. The van der Waals surface area contributed by atoms with Crippen molar-refractivity contribution in [3.05, 3.63) is 58.6 Å².